The Kier molecular flexibility index (Phi) is 38.1. The van der Waals surface area contributed by atoms with Gasteiger partial charge in [-0.3, -0.25) is 0 Å². The monoisotopic (exact) mass is 621 g/mol. The molecule has 0 fully saturated rings. The van der Waals surface area contributed by atoms with E-state index in [0.717, 1.165) is 12.8 Å². The molecule has 0 aromatic heterocycles. The number of carbonyl (C=O) groups is 2. The summed E-state index contributed by atoms with van der Waals surface area (Å²) in [6.45, 7) is 16.1. The van der Waals surface area contributed by atoms with Crippen molar-refractivity contribution in [3.63, 3.8) is 0 Å². The molecule has 0 aromatic carbocycles. The summed E-state index contributed by atoms with van der Waals surface area (Å²) in [5.74, 6) is -0.510. The van der Waals surface area contributed by atoms with E-state index in [-0.39, 0.29) is 11.9 Å². The molecule has 0 heterocycles. The SMILES string of the molecule is C=C(C)C(=O)OCCCCCCCCCCCCCCCC.C=C(C)C(=O)OCCCCCCCCCCCCCCCC. The van der Waals surface area contributed by atoms with E-state index in [0.29, 0.717) is 24.4 Å². The second-order valence-corrected chi connectivity index (χ2v) is 13.0. The highest BCUT2D eigenvalue weighted by molar-refractivity contribution is 5.87. The highest BCUT2D eigenvalue weighted by Crippen LogP contribution is 2.14. The molecule has 0 saturated heterocycles. The van der Waals surface area contributed by atoms with Crippen LogP contribution in [0, 0.1) is 0 Å². The van der Waals surface area contributed by atoms with Crippen LogP contribution < -0.4 is 0 Å². The Morgan fingerprint density at radius 3 is 0.727 bits per heavy atom. The van der Waals surface area contributed by atoms with E-state index >= 15 is 0 Å². The predicted molar refractivity (Wildman–Crippen MR) is 192 cm³/mol. The minimum atomic E-state index is -0.255. The quantitative estimate of drug-likeness (QED) is 0.0426. The van der Waals surface area contributed by atoms with Crippen LogP contribution in [0.4, 0.5) is 0 Å². The van der Waals surface area contributed by atoms with Gasteiger partial charge in [-0.2, -0.15) is 0 Å². The second kappa shape index (κ2) is 37.6. The van der Waals surface area contributed by atoms with Crippen molar-refractivity contribution >= 4 is 11.9 Å². The Morgan fingerprint density at radius 2 is 0.545 bits per heavy atom. The Hall–Kier alpha value is -1.58. The molecule has 0 aromatic rings. The summed E-state index contributed by atoms with van der Waals surface area (Å²) in [6.07, 6.45) is 37.6. The number of carbonyl (C=O) groups excluding carboxylic acids is 2. The summed E-state index contributed by atoms with van der Waals surface area (Å²) in [5, 5.41) is 0. The van der Waals surface area contributed by atoms with Gasteiger partial charge in [0.1, 0.15) is 0 Å². The molecule has 0 N–H and O–H groups in total. The molecule has 0 aliphatic heterocycles. The Balaban J connectivity index is 0. The lowest BCUT2D eigenvalue weighted by molar-refractivity contribution is -0.139. The van der Waals surface area contributed by atoms with Crippen molar-refractivity contribution in [2.75, 3.05) is 13.2 Å². The molecule has 0 aliphatic carbocycles. The number of hydrogen-bond acceptors (Lipinski definition) is 4. The third-order valence-corrected chi connectivity index (χ3v) is 8.16. The number of rotatable bonds is 32. The molecular weight excluding hydrogens is 544 g/mol. The first kappa shape index (κ1) is 44.5. The summed E-state index contributed by atoms with van der Waals surface area (Å²) in [5.41, 5.74) is 0.982. The molecule has 0 bridgehead atoms. The topological polar surface area (TPSA) is 52.6 Å². The van der Waals surface area contributed by atoms with Crippen LogP contribution >= 0.6 is 0 Å². The molecule has 0 radical (unpaired) electrons. The predicted octanol–water partition coefficient (Wildman–Crippen LogP) is 13.2. The first-order valence-corrected chi connectivity index (χ1v) is 19.0. The molecule has 0 aliphatic rings. The van der Waals surface area contributed by atoms with Gasteiger partial charge in [0.2, 0.25) is 0 Å². The van der Waals surface area contributed by atoms with Crippen LogP contribution in [0.5, 0.6) is 0 Å². The summed E-state index contributed by atoms with van der Waals surface area (Å²) < 4.78 is 10.1. The molecule has 0 amide bonds. The Bertz CT molecular complexity index is 598. The fraction of sp³-hybridized carbons (Fsp3) is 0.850. The second-order valence-electron chi connectivity index (χ2n) is 13.0. The lowest BCUT2D eigenvalue weighted by atomic mass is 10.0. The molecule has 4 heteroatoms. The average Bonchev–Trinajstić information content (AvgIpc) is 3.01. The smallest absolute Gasteiger partial charge is 0.333 e. The Labute approximate surface area is 275 Å². The summed E-state index contributed by atoms with van der Waals surface area (Å²) in [7, 11) is 0. The number of unbranched alkanes of at least 4 members (excludes halogenated alkanes) is 26. The van der Waals surface area contributed by atoms with E-state index in [1.54, 1.807) is 13.8 Å². The van der Waals surface area contributed by atoms with Crippen molar-refractivity contribution < 1.29 is 19.1 Å². The van der Waals surface area contributed by atoms with Crippen LogP contribution in [0.3, 0.4) is 0 Å². The van der Waals surface area contributed by atoms with Crippen molar-refractivity contribution in [3.8, 4) is 0 Å². The van der Waals surface area contributed by atoms with Crippen molar-refractivity contribution in [1.82, 2.24) is 0 Å². The zero-order valence-electron chi connectivity index (χ0n) is 30.3. The highest BCUT2D eigenvalue weighted by Gasteiger charge is 2.03. The fourth-order valence-electron chi connectivity index (χ4n) is 5.17. The third kappa shape index (κ3) is 38.4. The third-order valence-electron chi connectivity index (χ3n) is 8.16. The maximum absolute atomic E-state index is 11.2. The molecule has 0 atom stereocenters. The molecule has 0 unspecified atom stereocenters. The van der Waals surface area contributed by atoms with Gasteiger partial charge in [-0.05, 0) is 26.7 Å². The zero-order valence-corrected chi connectivity index (χ0v) is 30.3. The first-order valence-electron chi connectivity index (χ1n) is 19.0. The van der Waals surface area contributed by atoms with Crippen molar-refractivity contribution in [2.24, 2.45) is 0 Å². The van der Waals surface area contributed by atoms with E-state index in [2.05, 4.69) is 27.0 Å². The molecule has 0 saturated carbocycles. The lowest BCUT2D eigenvalue weighted by Gasteiger charge is -2.04. The first-order chi connectivity index (χ1) is 21.4. The normalized spacial score (nSPS) is 10.6. The number of ether oxygens (including phenoxy) is 2. The van der Waals surface area contributed by atoms with Crippen LogP contribution in [0.2, 0.25) is 0 Å². The van der Waals surface area contributed by atoms with Crippen LogP contribution in [0.15, 0.2) is 24.3 Å². The van der Waals surface area contributed by atoms with Crippen molar-refractivity contribution in [1.29, 1.82) is 0 Å². The van der Waals surface area contributed by atoms with Gasteiger partial charge in [0.15, 0.2) is 0 Å². The van der Waals surface area contributed by atoms with E-state index in [1.165, 1.54) is 167 Å². The molecule has 44 heavy (non-hydrogen) atoms. The van der Waals surface area contributed by atoms with Gasteiger partial charge in [-0.25, -0.2) is 9.59 Å². The van der Waals surface area contributed by atoms with E-state index in [9.17, 15) is 9.59 Å². The minimum Gasteiger partial charge on any atom is -0.462 e. The van der Waals surface area contributed by atoms with Crippen molar-refractivity contribution in [3.05, 3.63) is 24.3 Å². The van der Waals surface area contributed by atoms with Gasteiger partial charge in [0, 0.05) is 11.1 Å². The van der Waals surface area contributed by atoms with Gasteiger partial charge >= 0.3 is 11.9 Å². The standard InChI is InChI=1S/2C20H38O2/c2*1-4-5-6-7-8-9-10-11-12-13-14-15-16-17-18-22-20(21)19(2)3/h2*2,4-18H2,1,3H3. The lowest BCUT2D eigenvalue weighted by Crippen LogP contribution is -2.05. The molecule has 0 rings (SSSR count). The van der Waals surface area contributed by atoms with Gasteiger partial charge < -0.3 is 9.47 Å². The maximum Gasteiger partial charge on any atom is 0.333 e. The largest absolute Gasteiger partial charge is 0.462 e. The molecule has 4 nitrogen and oxygen atoms in total. The number of hydrogen-bond donors (Lipinski definition) is 0. The van der Waals surface area contributed by atoms with Crippen LogP contribution in [-0.2, 0) is 19.1 Å². The van der Waals surface area contributed by atoms with E-state index in [4.69, 9.17) is 9.47 Å². The molecule has 0 spiro atoms. The van der Waals surface area contributed by atoms with E-state index < -0.39 is 0 Å². The van der Waals surface area contributed by atoms with Crippen molar-refractivity contribution in [2.45, 2.75) is 207 Å². The fourth-order valence-corrected chi connectivity index (χ4v) is 5.17. The zero-order chi connectivity index (χ0) is 32.9. The van der Waals surface area contributed by atoms with E-state index in [1.807, 2.05) is 0 Å². The summed E-state index contributed by atoms with van der Waals surface area (Å²) in [4.78, 5) is 22.3. The van der Waals surface area contributed by atoms with Gasteiger partial charge in [0.25, 0.3) is 0 Å². The van der Waals surface area contributed by atoms with Crippen LogP contribution in [0.1, 0.15) is 207 Å². The summed E-state index contributed by atoms with van der Waals surface area (Å²) in [6, 6.07) is 0. The van der Waals surface area contributed by atoms with Gasteiger partial charge in [-0.15, -0.1) is 0 Å². The Morgan fingerprint density at radius 1 is 0.364 bits per heavy atom. The van der Waals surface area contributed by atoms with Gasteiger partial charge in [0.05, 0.1) is 13.2 Å². The minimum absolute atomic E-state index is 0.255. The average molecular weight is 621 g/mol. The van der Waals surface area contributed by atoms with Crippen LogP contribution in [-0.4, -0.2) is 25.2 Å². The number of esters is 2. The van der Waals surface area contributed by atoms with Gasteiger partial charge in [-0.1, -0.05) is 194 Å². The highest BCUT2D eigenvalue weighted by atomic mass is 16.5. The maximum atomic E-state index is 11.2. The molecule has 260 valence electrons. The molecular formula is C40H76O4. The summed E-state index contributed by atoms with van der Waals surface area (Å²) >= 11 is 0. The van der Waals surface area contributed by atoms with Crippen LogP contribution in [0.25, 0.3) is 0 Å².